The summed E-state index contributed by atoms with van der Waals surface area (Å²) >= 11 is 2.46. The van der Waals surface area contributed by atoms with Gasteiger partial charge < -0.3 is 10.1 Å². The Labute approximate surface area is 182 Å². The maximum Gasteiger partial charge on any atom is 0.422 e. The van der Waals surface area contributed by atoms with Crippen LogP contribution in [0.2, 0.25) is 0 Å². The molecule has 7 nitrogen and oxygen atoms in total. The Morgan fingerprint density at radius 2 is 2.00 bits per heavy atom. The van der Waals surface area contributed by atoms with Crippen molar-refractivity contribution in [3.05, 3.63) is 57.2 Å². The lowest BCUT2D eigenvalue weighted by Gasteiger charge is -2.11. The third-order valence-electron chi connectivity index (χ3n) is 3.63. The number of alkyl halides is 3. The van der Waals surface area contributed by atoms with E-state index >= 15 is 0 Å². The van der Waals surface area contributed by atoms with E-state index in [4.69, 9.17) is 5.26 Å². The average molecular weight is 466 g/mol. The van der Waals surface area contributed by atoms with Gasteiger partial charge in [-0.05, 0) is 29.6 Å². The molecule has 12 heteroatoms. The van der Waals surface area contributed by atoms with E-state index < -0.39 is 18.7 Å². The normalized spacial score (nSPS) is 10.9. The Hall–Kier alpha value is -3.43. The number of rotatable bonds is 7. The number of ether oxygens (including phenoxy) is 1. The summed E-state index contributed by atoms with van der Waals surface area (Å²) in [6.07, 6.45) is -4.63. The first-order chi connectivity index (χ1) is 14.7. The number of thiazole rings is 1. The summed E-state index contributed by atoms with van der Waals surface area (Å²) in [5, 5.41) is 18.1. The second-order valence-corrected chi connectivity index (χ2v) is 7.83. The van der Waals surface area contributed by atoms with E-state index in [9.17, 15) is 22.8 Å². The van der Waals surface area contributed by atoms with Crippen LogP contribution in [-0.4, -0.2) is 29.6 Å². The minimum absolute atomic E-state index is 0.0976. The molecule has 160 valence electrons. The fraction of sp³-hybridized carbons (Fsp3) is 0.158. The van der Waals surface area contributed by atoms with E-state index in [0.717, 1.165) is 0 Å². The molecule has 3 aromatic rings. The van der Waals surface area contributed by atoms with Crippen molar-refractivity contribution in [2.75, 3.05) is 17.2 Å². The molecule has 0 radical (unpaired) electrons. The van der Waals surface area contributed by atoms with E-state index in [1.807, 2.05) is 0 Å². The van der Waals surface area contributed by atoms with Gasteiger partial charge >= 0.3 is 6.18 Å². The lowest BCUT2D eigenvalue weighted by atomic mass is 10.2. The van der Waals surface area contributed by atoms with Gasteiger partial charge in [-0.1, -0.05) is 6.07 Å². The standard InChI is InChI=1S/C19H13F3N4O3S2/c20-19(21,22)10-29-14-4-3-12(6-11(14)8-23)24-16(27)7-13-9-31-18(25-13)26-17(28)15-2-1-5-30-15/h1-6,9H,7,10H2,(H,24,27)(H,25,26,28). The number of aromatic nitrogens is 1. The highest BCUT2D eigenvalue weighted by Crippen LogP contribution is 2.25. The van der Waals surface area contributed by atoms with Gasteiger partial charge in [-0.3, -0.25) is 14.9 Å². The molecular formula is C19H13F3N4O3S2. The maximum absolute atomic E-state index is 12.3. The molecule has 0 aliphatic heterocycles. The van der Waals surface area contributed by atoms with E-state index in [1.54, 1.807) is 29.0 Å². The first-order valence-corrected chi connectivity index (χ1v) is 10.3. The van der Waals surface area contributed by atoms with Crippen molar-refractivity contribution in [2.24, 2.45) is 0 Å². The van der Waals surface area contributed by atoms with Gasteiger partial charge in [0.25, 0.3) is 5.91 Å². The number of nitrogens with zero attached hydrogens (tertiary/aromatic N) is 2. The van der Waals surface area contributed by atoms with E-state index in [0.29, 0.717) is 15.7 Å². The molecular weight excluding hydrogens is 453 g/mol. The molecule has 1 aromatic carbocycles. The first kappa shape index (κ1) is 22.3. The number of nitrogens with one attached hydrogen (secondary N) is 2. The molecule has 0 spiro atoms. The minimum Gasteiger partial charge on any atom is -0.483 e. The molecule has 31 heavy (non-hydrogen) atoms. The van der Waals surface area contributed by atoms with E-state index in [1.165, 1.54) is 40.9 Å². The van der Waals surface area contributed by atoms with Gasteiger partial charge in [0.05, 0.1) is 22.6 Å². The topological polar surface area (TPSA) is 104 Å². The van der Waals surface area contributed by atoms with Crippen molar-refractivity contribution in [1.29, 1.82) is 5.26 Å². The second kappa shape index (κ2) is 9.59. The quantitative estimate of drug-likeness (QED) is 0.535. The molecule has 0 fully saturated rings. The van der Waals surface area contributed by atoms with Gasteiger partial charge in [0.2, 0.25) is 5.91 Å². The SMILES string of the molecule is N#Cc1cc(NC(=O)Cc2csc(NC(=O)c3cccs3)n2)ccc1OCC(F)(F)F. The summed E-state index contributed by atoms with van der Waals surface area (Å²) in [4.78, 5) is 29.0. The minimum atomic E-state index is -4.53. The number of amides is 2. The van der Waals surface area contributed by atoms with E-state index in [2.05, 4.69) is 20.4 Å². The highest BCUT2D eigenvalue weighted by molar-refractivity contribution is 7.14. The van der Waals surface area contributed by atoms with Crippen molar-refractivity contribution in [3.8, 4) is 11.8 Å². The van der Waals surface area contributed by atoms with Crippen LogP contribution in [0, 0.1) is 11.3 Å². The zero-order chi connectivity index (χ0) is 22.4. The van der Waals surface area contributed by atoms with Crippen molar-refractivity contribution >= 4 is 45.3 Å². The average Bonchev–Trinajstić information content (AvgIpc) is 3.38. The predicted molar refractivity (Wildman–Crippen MR) is 109 cm³/mol. The smallest absolute Gasteiger partial charge is 0.422 e. The summed E-state index contributed by atoms with van der Waals surface area (Å²) < 4.78 is 41.5. The Morgan fingerprint density at radius 3 is 2.68 bits per heavy atom. The number of thiophene rings is 1. The summed E-state index contributed by atoms with van der Waals surface area (Å²) in [6, 6.07) is 8.90. The van der Waals surface area contributed by atoms with Gasteiger partial charge in [-0.25, -0.2) is 4.98 Å². The zero-order valence-electron chi connectivity index (χ0n) is 15.5. The predicted octanol–water partition coefficient (Wildman–Crippen LogP) is 4.45. The van der Waals surface area contributed by atoms with Crippen LogP contribution in [0.15, 0.2) is 41.1 Å². The van der Waals surface area contributed by atoms with Gasteiger partial charge in [0.15, 0.2) is 11.7 Å². The zero-order valence-corrected chi connectivity index (χ0v) is 17.2. The molecule has 2 heterocycles. The monoisotopic (exact) mass is 466 g/mol. The summed E-state index contributed by atoms with van der Waals surface area (Å²) in [7, 11) is 0. The highest BCUT2D eigenvalue weighted by atomic mass is 32.1. The molecule has 0 atom stereocenters. The van der Waals surface area contributed by atoms with Crippen molar-refractivity contribution in [2.45, 2.75) is 12.6 Å². The summed E-state index contributed by atoms with van der Waals surface area (Å²) in [5.74, 6) is -0.977. The van der Waals surface area contributed by atoms with Crippen LogP contribution in [0.3, 0.4) is 0 Å². The molecule has 0 unspecified atom stereocenters. The lowest BCUT2D eigenvalue weighted by molar-refractivity contribution is -0.153. The van der Waals surface area contributed by atoms with Crippen molar-refractivity contribution in [1.82, 2.24) is 4.98 Å². The molecule has 2 amide bonds. The third kappa shape index (κ3) is 6.53. The van der Waals surface area contributed by atoms with Crippen molar-refractivity contribution in [3.63, 3.8) is 0 Å². The molecule has 3 rings (SSSR count). The highest BCUT2D eigenvalue weighted by Gasteiger charge is 2.29. The largest absolute Gasteiger partial charge is 0.483 e. The second-order valence-electron chi connectivity index (χ2n) is 6.03. The number of benzene rings is 1. The molecule has 0 saturated heterocycles. The number of halogens is 3. The van der Waals surface area contributed by atoms with Crippen molar-refractivity contribution < 1.29 is 27.5 Å². The fourth-order valence-electron chi connectivity index (χ4n) is 2.36. The van der Waals surface area contributed by atoms with E-state index in [-0.39, 0.29) is 29.3 Å². The van der Waals surface area contributed by atoms with Gasteiger partial charge in [0, 0.05) is 11.1 Å². The molecule has 0 aliphatic rings. The summed E-state index contributed by atoms with van der Waals surface area (Å²) in [5.41, 5.74) is 0.506. The number of hydrogen-bond acceptors (Lipinski definition) is 7. The number of carbonyl (C=O) groups is 2. The van der Waals surface area contributed by atoms with Crippen LogP contribution in [0.25, 0.3) is 0 Å². The molecule has 2 N–H and O–H groups in total. The third-order valence-corrected chi connectivity index (χ3v) is 5.31. The lowest BCUT2D eigenvalue weighted by Crippen LogP contribution is -2.19. The molecule has 0 bridgehead atoms. The Balaban J connectivity index is 1.58. The van der Waals surface area contributed by atoms with Crippen LogP contribution in [-0.2, 0) is 11.2 Å². The molecule has 0 saturated carbocycles. The molecule has 0 aliphatic carbocycles. The first-order valence-electron chi connectivity index (χ1n) is 8.56. The number of anilines is 2. The van der Waals surface area contributed by atoms with Crippen LogP contribution >= 0.6 is 22.7 Å². The Morgan fingerprint density at radius 1 is 1.19 bits per heavy atom. The Kier molecular flexibility index (Phi) is 6.88. The van der Waals surface area contributed by atoms with Gasteiger partial charge in [-0.15, -0.1) is 22.7 Å². The molecule has 2 aromatic heterocycles. The summed E-state index contributed by atoms with van der Waals surface area (Å²) in [6.45, 7) is -1.53. The van der Waals surface area contributed by atoms with Crippen LogP contribution in [0.5, 0.6) is 5.75 Å². The number of carbonyl (C=O) groups excluding carboxylic acids is 2. The number of nitriles is 1. The maximum atomic E-state index is 12.3. The Bertz CT molecular complexity index is 1120. The van der Waals surface area contributed by atoms with Crippen LogP contribution in [0.4, 0.5) is 24.0 Å². The number of hydrogen-bond donors (Lipinski definition) is 2. The van der Waals surface area contributed by atoms with Gasteiger partial charge in [-0.2, -0.15) is 18.4 Å². The van der Waals surface area contributed by atoms with Gasteiger partial charge in [0.1, 0.15) is 11.8 Å². The van der Waals surface area contributed by atoms with Crippen LogP contribution in [0.1, 0.15) is 20.9 Å². The fourth-order valence-corrected chi connectivity index (χ4v) is 3.69. The van der Waals surface area contributed by atoms with Crippen LogP contribution < -0.4 is 15.4 Å².